The van der Waals surface area contributed by atoms with Crippen molar-refractivity contribution in [2.45, 2.75) is 58.5 Å². The number of aromatic nitrogens is 3. The van der Waals surface area contributed by atoms with Crippen LogP contribution in [-0.2, 0) is 13.6 Å². The predicted octanol–water partition coefficient (Wildman–Crippen LogP) is 2.49. The molecule has 0 atom stereocenters. The molecule has 0 radical (unpaired) electrons. The molecule has 1 heterocycles. The highest BCUT2D eigenvalue weighted by Crippen LogP contribution is 2.23. The number of nitrogens with one attached hydrogen (secondary N) is 2. The van der Waals surface area contributed by atoms with Crippen LogP contribution < -0.4 is 10.6 Å². The van der Waals surface area contributed by atoms with Crippen LogP contribution in [0.1, 0.15) is 50.7 Å². The molecule has 1 aromatic heterocycles. The van der Waals surface area contributed by atoms with Crippen molar-refractivity contribution >= 4 is 17.7 Å². The highest BCUT2D eigenvalue weighted by atomic mass is 32.2. The molecule has 6 nitrogen and oxygen atoms in total. The number of nitrogens with zero attached hydrogens (tertiary/aromatic N) is 4. The van der Waals surface area contributed by atoms with Crippen molar-refractivity contribution in [3.8, 4) is 0 Å². The van der Waals surface area contributed by atoms with Crippen molar-refractivity contribution < 1.29 is 0 Å². The molecule has 1 saturated carbocycles. The van der Waals surface area contributed by atoms with Gasteiger partial charge in [0.15, 0.2) is 11.8 Å². The number of hydrogen-bond donors (Lipinski definition) is 2. The van der Waals surface area contributed by atoms with Crippen LogP contribution in [-0.4, -0.2) is 45.3 Å². The fourth-order valence-electron chi connectivity index (χ4n) is 2.91. The van der Waals surface area contributed by atoms with Crippen LogP contribution in [0.25, 0.3) is 0 Å². The van der Waals surface area contributed by atoms with Gasteiger partial charge in [0.2, 0.25) is 0 Å². The van der Waals surface area contributed by atoms with Crippen molar-refractivity contribution in [3.05, 3.63) is 11.6 Å². The first kappa shape index (κ1) is 19.1. The summed E-state index contributed by atoms with van der Waals surface area (Å²) in [7, 11) is 1.99. The van der Waals surface area contributed by atoms with E-state index >= 15 is 0 Å². The van der Waals surface area contributed by atoms with Gasteiger partial charge in [0.1, 0.15) is 12.4 Å². The van der Waals surface area contributed by atoms with Gasteiger partial charge in [-0.3, -0.25) is 0 Å². The highest BCUT2D eigenvalue weighted by molar-refractivity contribution is 7.98. The Morgan fingerprint density at radius 1 is 1.29 bits per heavy atom. The van der Waals surface area contributed by atoms with Gasteiger partial charge >= 0.3 is 0 Å². The monoisotopic (exact) mass is 352 g/mol. The number of aliphatic imine (C=N–C) groups is 1. The summed E-state index contributed by atoms with van der Waals surface area (Å²) >= 11 is 1.88. The molecule has 0 bridgehead atoms. The van der Waals surface area contributed by atoms with Crippen molar-refractivity contribution in [2.24, 2.45) is 18.0 Å². The fourth-order valence-corrected chi connectivity index (χ4v) is 3.35. The van der Waals surface area contributed by atoms with Crippen LogP contribution in [0.5, 0.6) is 0 Å². The lowest BCUT2D eigenvalue weighted by molar-refractivity contribution is 0.329. The van der Waals surface area contributed by atoms with E-state index in [2.05, 4.69) is 34.0 Å². The molecule has 24 heavy (non-hydrogen) atoms. The summed E-state index contributed by atoms with van der Waals surface area (Å²) in [6, 6.07) is 0.536. The number of hydrogen-bond acceptors (Lipinski definition) is 4. The van der Waals surface area contributed by atoms with E-state index in [1.807, 2.05) is 30.3 Å². The smallest absolute Gasteiger partial charge is 0.191 e. The lowest BCUT2D eigenvalue weighted by Crippen LogP contribution is -2.45. The molecule has 0 aromatic carbocycles. The fraction of sp³-hybridized carbons (Fsp3) is 0.824. The summed E-state index contributed by atoms with van der Waals surface area (Å²) in [5, 5.41) is 15.4. The van der Waals surface area contributed by atoms with E-state index in [0.29, 0.717) is 12.6 Å². The number of aryl methyl sites for hydroxylation is 1. The molecule has 0 unspecified atom stereocenters. The van der Waals surface area contributed by atoms with Gasteiger partial charge in [-0.2, -0.15) is 11.8 Å². The average Bonchev–Trinajstić information content (AvgIpc) is 2.90. The Morgan fingerprint density at radius 3 is 2.67 bits per heavy atom. The molecule has 136 valence electrons. The molecule has 0 aliphatic heterocycles. The summed E-state index contributed by atoms with van der Waals surface area (Å²) in [5.41, 5.74) is 0. The van der Waals surface area contributed by atoms with Crippen LogP contribution in [0.3, 0.4) is 0 Å². The molecule has 0 amide bonds. The minimum atomic E-state index is 0.536. The maximum absolute atomic E-state index is 4.74. The largest absolute Gasteiger partial charge is 0.356 e. The second kappa shape index (κ2) is 9.91. The van der Waals surface area contributed by atoms with E-state index < -0.39 is 0 Å². The van der Waals surface area contributed by atoms with Gasteiger partial charge in [-0.25, -0.2) is 4.99 Å². The van der Waals surface area contributed by atoms with Gasteiger partial charge in [-0.1, -0.05) is 6.92 Å². The minimum Gasteiger partial charge on any atom is -0.356 e. The lowest BCUT2D eigenvalue weighted by atomic mass is 9.87. The second-order valence-electron chi connectivity index (χ2n) is 6.76. The maximum atomic E-state index is 4.74. The third-order valence-electron chi connectivity index (χ3n) is 4.74. The van der Waals surface area contributed by atoms with Gasteiger partial charge in [-0.15, -0.1) is 10.2 Å². The number of rotatable bonds is 7. The topological polar surface area (TPSA) is 67.1 Å². The first-order chi connectivity index (χ1) is 11.6. The van der Waals surface area contributed by atoms with Crippen molar-refractivity contribution in [1.82, 2.24) is 25.4 Å². The molecule has 7 heteroatoms. The SMILES string of the molecule is CSCCCNC(=NCc1nnc(C)n1C)NC1CCC(C)CC1. The van der Waals surface area contributed by atoms with E-state index in [4.69, 9.17) is 4.99 Å². The third kappa shape index (κ3) is 6.00. The Balaban J connectivity index is 1.93. The summed E-state index contributed by atoms with van der Waals surface area (Å²) in [4.78, 5) is 4.74. The van der Waals surface area contributed by atoms with E-state index in [0.717, 1.165) is 36.5 Å². The molecule has 0 spiro atoms. The minimum absolute atomic E-state index is 0.536. The standard InChI is InChI=1S/C17H32N6S/c1-13-6-8-15(9-7-13)20-17(18-10-5-11-24-4)19-12-16-22-21-14(2)23(16)3/h13,15H,5-12H2,1-4H3,(H2,18,19,20). The average molecular weight is 353 g/mol. The van der Waals surface area contributed by atoms with Crippen LogP contribution in [0, 0.1) is 12.8 Å². The van der Waals surface area contributed by atoms with Crippen LogP contribution in [0.4, 0.5) is 0 Å². The molecular formula is C17H32N6S. The molecule has 1 aromatic rings. The Hall–Kier alpha value is -1.24. The summed E-state index contributed by atoms with van der Waals surface area (Å²) in [6.07, 6.45) is 8.37. The quantitative estimate of drug-likeness (QED) is 0.448. The molecule has 0 saturated heterocycles. The van der Waals surface area contributed by atoms with E-state index in [1.165, 1.54) is 31.4 Å². The normalized spacial score (nSPS) is 21.8. The first-order valence-corrected chi connectivity index (χ1v) is 10.4. The van der Waals surface area contributed by atoms with E-state index in [-0.39, 0.29) is 0 Å². The summed E-state index contributed by atoms with van der Waals surface area (Å²) in [5.74, 6) is 4.76. The van der Waals surface area contributed by atoms with Gasteiger partial charge in [0.05, 0.1) is 0 Å². The maximum Gasteiger partial charge on any atom is 0.191 e. The zero-order valence-electron chi connectivity index (χ0n) is 15.5. The van der Waals surface area contributed by atoms with Gasteiger partial charge < -0.3 is 15.2 Å². The van der Waals surface area contributed by atoms with E-state index in [9.17, 15) is 0 Å². The van der Waals surface area contributed by atoms with E-state index in [1.54, 1.807) is 0 Å². The number of thioether (sulfide) groups is 1. The molecule has 1 aliphatic rings. The van der Waals surface area contributed by atoms with Gasteiger partial charge in [-0.05, 0) is 57.0 Å². The lowest BCUT2D eigenvalue weighted by Gasteiger charge is -2.28. The third-order valence-corrected chi connectivity index (χ3v) is 5.43. The molecule has 1 aliphatic carbocycles. The number of guanidine groups is 1. The Bertz CT molecular complexity index is 519. The predicted molar refractivity (Wildman–Crippen MR) is 102 cm³/mol. The zero-order chi connectivity index (χ0) is 17.4. The molecule has 1 fully saturated rings. The first-order valence-electron chi connectivity index (χ1n) is 8.98. The van der Waals surface area contributed by atoms with Crippen LogP contribution in [0.15, 0.2) is 4.99 Å². The Labute approximate surface area is 150 Å². The summed E-state index contributed by atoms with van der Waals surface area (Å²) < 4.78 is 2.00. The highest BCUT2D eigenvalue weighted by Gasteiger charge is 2.19. The molecular weight excluding hydrogens is 320 g/mol. The summed E-state index contributed by atoms with van der Waals surface area (Å²) in [6.45, 7) is 5.82. The van der Waals surface area contributed by atoms with Crippen LogP contribution >= 0.6 is 11.8 Å². The van der Waals surface area contributed by atoms with Crippen molar-refractivity contribution in [2.75, 3.05) is 18.6 Å². The van der Waals surface area contributed by atoms with Crippen molar-refractivity contribution in [1.29, 1.82) is 0 Å². The Kier molecular flexibility index (Phi) is 7.88. The second-order valence-corrected chi connectivity index (χ2v) is 7.75. The van der Waals surface area contributed by atoms with Crippen molar-refractivity contribution in [3.63, 3.8) is 0 Å². The van der Waals surface area contributed by atoms with Gasteiger partial charge in [0.25, 0.3) is 0 Å². The van der Waals surface area contributed by atoms with Crippen LogP contribution in [0.2, 0.25) is 0 Å². The Morgan fingerprint density at radius 2 is 2.04 bits per heavy atom. The zero-order valence-corrected chi connectivity index (χ0v) is 16.3. The van der Waals surface area contributed by atoms with Gasteiger partial charge in [0, 0.05) is 19.6 Å². The molecule has 2 rings (SSSR count). The molecule has 2 N–H and O–H groups in total.